The Labute approximate surface area is 158 Å². The Hall–Kier alpha value is -3.46. The van der Waals surface area contributed by atoms with Crippen LogP contribution in [-0.4, -0.2) is 27.8 Å². The molecule has 8 nitrogen and oxygen atoms in total. The number of hydrazone groups is 1. The molecule has 0 fully saturated rings. The predicted octanol–water partition coefficient (Wildman–Crippen LogP) is 3.64. The van der Waals surface area contributed by atoms with Crippen molar-refractivity contribution in [1.29, 1.82) is 0 Å². The minimum Gasteiger partial charge on any atom is -0.431 e. The minimum absolute atomic E-state index is 0.000852. The first kappa shape index (κ1) is 18.3. The van der Waals surface area contributed by atoms with E-state index in [0.29, 0.717) is 16.4 Å². The highest BCUT2D eigenvalue weighted by molar-refractivity contribution is 7.99. The number of rotatable bonds is 7. The summed E-state index contributed by atoms with van der Waals surface area (Å²) in [5.74, 6) is -0.226. The Kier molecular flexibility index (Phi) is 5.95. The molecule has 136 valence electrons. The number of nitrogens with one attached hydrogen (secondary N) is 1. The average Bonchev–Trinajstić information content (AvgIpc) is 3.09. The number of nitro groups is 1. The number of oxazole rings is 1. The molecule has 1 N–H and O–H groups in total. The maximum absolute atomic E-state index is 11.8. The lowest BCUT2D eigenvalue weighted by atomic mass is 10.2. The number of thioether (sulfide) groups is 1. The van der Waals surface area contributed by atoms with Gasteiger partial charge < -0.3 is 4.42 Å². The zero-order valence-electron chi connectivity index (χ0n) is 13.9. The molecule has 0 aliphatic carbocycles. The zero-order valence-corrected chi connectivity index (χ0v) is 14.8. The lowest BCUT2D eigenvalue weighted by Crippen LogP contribution is -2.19. The molecule has 0 radical (unpaired) electrons. The number of amides is 1. The summed E-state index contributed by atoms with van der Waals surface area (Å²) in [5, 5.41) is 15.1. The van der Waals surface area contributed by atoms with Crippen LogP contribution in [0.5, 0.6) is 0 Å². The Bertz CT molecular complexity index is 996. The summed E-state index contributed by atoms with van der Waals surface area (Å²) in [6, 6.07) is 13.7. The van der Waals surface area contributed by atoms with Crippen molar-refractivity contribution in [3.8, 4) is 0 Å². The molecule has 1 heterocycles. The number of carbonyl (C=O) groups is 1. The number of aromatic nitrogens is 1. The largest absolute Gasteiger partial charge is 0.431 e. The van der Waals surface area contributed by atoms with Crippen molar-refractivity contribution in [2.45, 2.75) is 5.22 Å². The first-order valence-corrected chi connectivity index (χ1v) is 8.82. The third-order valence-corrected chi connectivity index (χ3v) is 4.19. The Morgan fingerprint density at radius 3 is 2.85 bits per heavy atom. The molecule has 0 atom stereocenters. The summed E-state index contributed by atoms with van der Waals surface area (Å²) in [6.07, 6.45) is 4.40. The molecule has 0 bridgehead atoms. The molecule has 0 unspecified atom stereocenters. The molecule has 0 aliphatic heterocycles. The maximum Gasteiger partial charge on any atom is 0.276 e. The van der Waals surface area contributed by atoms with Gasteiger partial charge in [0.2, 0.25) is 0 Å². The van der Waals surface area contributed by atoms with Gasteiger partial charge in [0.1, 0.15) is 5.52 Å². The van der Waals surface area contributed by atoms with Gasteiger partial charge in [-0.25, -0.2) is 10.4 Å². The van der Waals surface area contributed by atoms with Crippen LogP contribution in [0.15, 0.2) is 69.3 Å². The molecule has 27 heavy (non-hydrogen) atoms. The van der Waals surface area contributed by atoms with Crippen LogP contribution < -0.4 is 5.43 Å². The molecule has 0 saturated carbocycles. The van der Waals surface area contributed by atoms with Gasteiger partial charge in [-0.15, -0.1) is 0 Å². The molecule has 0 aliphatic rings. The summed E-state index contributed by atoms with van der Waals surface area (Å²) < 4.78 is 5.51. The van der Waals surface area contributed by atoms with Crippen LogP contribution >= 0.6 is 11.8 Å². The number of carbonyl (C=O) groups excluding carboxylic acids is 1. The minimum atomic E-state index is -0.456. The number of nitrogens with zero attached hydrogens (tertiary/aromatic N) is 3. The van der Waals surface area contributed by atoms with Crippen molar-refractivity contribution >= 4 is 46.7 Å². The smallest absolute Gasteiger partial charge is 0.276 e. The van der Waals surface area contributed by atoms with Gasteiger partial charge in [0, 0.05) is 12.3 Å². The second-order valence-corrected chi connectivity index (χ2v) is 6.15. The van der Waals surface area contributed by atoms with Gasteiger partial charge in [-0.05, 0) is 30.4 Å². The van der Waals surface area contributed by atoms with Crippen molar-refractivity contribution in [1.82, 2.24) is 10.4 Å². The topological polar surface area (TPSA) is 111 Å². The summed E-state index contributed by atoms with van der Waals surface area (Å²) in [6.45, 7) is 0. The SMILES string of the molecule is O=C(CSc1nc2ccccc2o1)NN=C/C=C\c1ccccc1[N+](=O)[O-]. The van der Waals surface area contributed by atoms with Gasteiger partial charge in [-0.2, -0.15) is 5.10 Å². The quantitative estimate of drug-likeness (QED) is 0.289. The summed E-state index contributed by atoms with van der Waals surface area (Å²) in [7, 11) is 0. The van der Waals surface area contributed by atoms with Crippen molar-refractivity contribution in [3.05, 3.63) is 70.3 Å². The van der Waals surface area contributed by atoms with E-state index in [0.717, 1.165) is 17.3 Å². The van der Waals surface area contributed by atoms with E-state index < -0.39 is 4.92 Å². The van der Waals surface area contributed by atoms with E-state index >= 15 is 0 Å². The van der Waals surface area contributed by atoms with Crippen molar-refractivity contribution in [2.24, 2.45) is 5.10 Å². The van der Waals surface area contributed by atoms with Crippen LogP contribution in [-0.2, 0) is 4.79 Å². The van der Waals surface area contributed by atoms with Gasteiger partial charge in [0.05, 0.1) is 16.2 Å². The van der Waals surface area contributed by atoms with Gasteiger partial charge in [-0.3, -0.25) is 14.9 Å². The zero-order chi connectivity index (χ0) is 19.1. The average molecular weight is 382 g/mol. The van der Waals surface area contributed by atoms with E-state index in [2.05, 4.69) is 15.5 Å². The number of para-hydroxylation sites is 3. The van der Waals surface area contributed by atoms with Crippen LogP contribution in [0.1, 0.15) is 5.56 Å². The second kappa shape index (κ2) is 8.77. The summed E-state index contributed by atoms with van der Waals surface area (Å²) in [4.78, 5) is 26.5. The van der Waals surface area contributed by atoms with Crippen molar-refractivity contribution in [3.63, 3.8) is 0 Å². The van der Waals surface area contributed by atoms with E-state index in [4.69, 9.17) is 4.42 Å². The normalized spacial score (nSPS) is 11.4. The van der Waals surface area contributed by atoms with Crippen LogP contribution in [0.25, 0.3) is 17.2 Å². The summed E-state index contributed by atoms with van der Waals surface area (Å²) in [5.41, 5.74) is 4.22. The van der Waals surface area contributed by atoms with E-state index in [1.807, 2.05) is 18.2 Å². The predicted molar refractivity (Wildman–Crippen MR) is 103 cm³/mol. The van der Waals surface area contributed by atoms with Gasteiger partial charge in [-0.1, -0.05) is 36.0 Å². The van der Waals surface area contributed by atoms with Gasteiger partial charge in [0.15, 0.2) is 5.58 Å². The molecule has 3 rings (SSSR count). The molecule has 1 aromatic heterocycles. The van der Waals surface area contributed by atoms with Crippen LogP contribution in [0.2, 0.25) is 0 Å². The van der Waals surface area contributed by atoms with E-state index in [1.165, 1.54) is 18.4 Å². The molecule has 0 saturated heterocycles. The number of nitro benzene ring substituents is 1. The van der Waals surface area contributed by atoms with Gasteiger partial charge >= 0.3 is 0 Å². The number of benzene rings is 2. The molecular formula is C18H14N4O4S. The third kappa shape index (κ3) is 5.02. The first-order chi connectivity index (χ1) is 13.1. The number of fused-ring (bicyclic) bond motifs is 1. The molecule has 3 aromatic rings. The van der Waals surface area contributed by atoms with Crippen LogP contribution in [0, 0.1) is 10.1 Å². The number of hydrogen-bond donors (Lipinski definition) is 1. The van der Waals surface area contributed by atoms with Crippen LogP contribution in [0.3, 0.4) is 0 Å². The standard InChI is InChI=1S/C18H14N4O4S/c23-17(12-27-18-20-14-8-2-4-10-16(14)26-18)21-19-11-5-7-13-6-1-3-9-15(13)22(24)25/h1-11H,12H2,(H,21,23)/b7-5-,19-11?. The lowest BCUT2D eigenvalue weighted by Gasteiger charge is -1.96. The fourth-order valence-electron chi connectivity index (χ4n) is 2.17. The van der Waals surface area contributed by atoms with Crippen LogP contribution in [0.4, 0.5) is 5.69 Å². The summed E-state index contributed by atoms with van der Waals surface area (Å²) >= 11 is 1.16. The molecule has 0 spiro atoms. The third-order valence-electron chi connectivity index (χ3n) is 3.36. The van der Waals surface area contributed by atoms with E-state index in [-0.39, 0.29) is 17.3 Å². The molecule has 9 heteroatoms. The fraction of sp³-hybridized carbons (Fsp3) is 0.0556. The van der Waals surface area contributed by atoms with E-state index in [1.54, 1.807) is 30.3 Å². The fourth-order valence-corrected chi connectivity index (χ4v) is 2.80. The van der Waals surface area contributed by atoms with Crippen molar-refractivity contribution in [2.75, 3.05) is 5.75 Å². The number of allylic oxidation sites excluding steroid dienone is 1. The Balaban J connectivity index is 1.48. The monoisotopic (exact) mass is 382 g/mol. The molecule has 2 aromatic carbocycles. The molecular weight excluding hydrogens is 368 g/mol. The Morgan fingerprint density at radius 2 is 2.04 bits per heavy atom. The van der Waals surface area contributed by atoms with E-state index in [9.17, 15) is 14.9 Å². The van der Waals surface area contributed by atoms with Gasteiger partial charge in [0.25, 0.3) is 16.8 Å². The highest BCUT2D eigenvalue weighted by Crippen LogP contribution is 2.22. The maximum atomic E-state index is 11.8. The number of hydrogen-bond acceptors (Lipinski definition) is 7. The Morgan fingerprint density at radius 1 is 1.26 bits per heavy atom. The van der Waals surface area contributed by atoms with Crippen molar-refractivity contribution < 1.29 is 14.1 Å². The highest BCUT2D eigenvalue weighted by atomic mass is 32.2. The molecule has 1 amide bonds. The first-order valence-electron chi connectivity index (χ1n) is 7.84. The second-order valence-electron chi connectivity index (χ2n) is 5.22. The lowest BCUT2D eigenvalue weighted by molar-refractivity contribution is -0.385. The highest BCUT2D eigenvalue weighted by Gasteiger charge is 2.09.